The molecule has 2 aromatic rings. The van der Waals surface area contributed by atoms with E-state index in [1.807, 2.05) is 36.7 Å². The Morgan fingerprint density at radius 3 is 2.56 bits per heavy atom. The summed E-state index contributed by atoms with van der Waals surface area (Å²) in [6, 6.07) is 11.8. The van der Waals surface area contributed by atoms with E-state index in [9.17, 15) is 8.78 Å². The number of piperazine rings is 1. The molecule has 0 radical (unpaired) electrons. The van der Waals surface area contributed by atoms with Crippen LogP contribution in [0.4, 0.5) is 8.78 Å². The Hall–Kier alpha value is -1.76. The van der Waals surface area contributed by atoms with Crippen molar-refractivity contribution in [3.05, 3.63) is 59.9 Å². The molecule has 1 aromatic carbocycles. The molecule has 136 valence electrons. The zero-order valence-electron chi connectivity index (χ0n) is 13.8. The van der Waals surface area contributed by atoms with E-state index in [0.29, 0.717) is 11.8 Å². The number of aromatic nitrogens is 1. The maximum absolute atomic E-state index is 12.2. The molecule has 0 bridgehead atoms. The molecule has 1 aliphatic heterocycles. The van der Waals surface area contributed by atoms with Crippen LogP contribution in [0, 0.1) is 0 Å². The summed E-state index contributed by atoms with van der Waals surface area (Å²) < 4.78 is 29.4. The van der Waals surface area contributed by atoms with E-state index in [4.69, 9.17) is 4.74 Å². The Labute approximate surface area is 152 Å². The lowest BCUT2D eigenvalue weighted by Crippen LogP contribution is -2.45. The van der Waals surface area contributed by atoms with Gasteiger partial charge < -0.3 is 10.1 Å². The molecule has 0 aliphatic carbocycles. The number of hydrogen-bond donors (Lipinski definition) is 1. The first-order valence-electron chi connectivity index (χ1n) is 8.07. The standard InChI is InChI=1S/C18H21F2N3O.ClH/c19-18(20)13-24-16-3-1-14(2-4-16)12-23-10-9-22-11-17(23)15-5-7-21-8-6-15;/h1-8,17-18,22H,9-13H2;1H. The Balaban J connectivity index is 0.00000225. The normalized spacial score (nSPS) is 18.0. The molecule has 1 fully saturated rings. The summed E-state index contributed by atoms with van der Waals surface area (Å²) in [5, 5.41) is 3.43. The van der Waals surface area contributed by atoms with E-state index >= 15 is 0 Å². The van der Waals surface area contributed by atoms with Gasteiger partial charge in [-0.25, -0.2) is 8.78 Å². The van der Waals surface area contributed by atoms with Gasteiger partial charge in [0.1, 0.15) is 12.4 Å². The number of hydrogen-bond acceptors (Lipinski definition) is 4. The summed E-state index contributed by atoms with van der Waals surface area (Å²) >= 11 is 0. The third-order valence-electron chi connectivity index (χ3n) is 4.13. The van der Waals surface area contributed by atoms with Gasteiger partial charge in [-0.05, 0) is 35.4 Å². The molecule has 1 saturated heterocycles. The van der Waals surface area contributed by atoms with Crippen molar-refractivity contribution in [2.75, 3.05) is 26.2 Å². The lowest BCUT2D eigenvalue weighted by atomic mass is 10.0. The summed E-state index contributed by atoms with van der Waals surface area (Å²) in [7, 11) is 0. The summed E-state index contributed by atoms with van der Waals surface area (Å²) in [5.74, 6) is 0.477. The molecule has 1 aliphatic rings. The van der Waals surface area contributed by atoms with Crippen molar-refractivity contribution >= 4 is 12.4 Å². The highest BCUT2D eigenvalue weighted by molar-refractivity contribution is 5.85. The monoisotopic (exact) mass is 369 g/mol. The molecule has 0 saturated carbocycles. The van der Waals surface area contributed by atoms with Crippen LogP contribution in [0.2, 0.25) is 0 Å². The predicted molar refractivity (Wildman–Crippen MR) is 95.4 cm³/mol. The van der Waals surface area contributed by atoms with E-state index in [-0.39, 0.29) is 12.4 Å². The topological polar surface area (TPSA) is 37.4 Å². The van der Waals surface area contributed by atoms with E-state index in [2.05, 4.69) is 15.2 Å². The van der Waals surface area contributed by atoms with Crippen LogP contribution in [-0.2, 0) is 6.54 Å². The molecule has 4 nitrogen and oxygen atoms in total. The van der Waals surface area contributed by atoms with Gasteiger partial charge in [0.25, 0.3) is 6.43 Å². The van der Waals surface area contributed by atoms with Crippen LogP contribution in [0.25, 0.3) is 0 Å². The highest BCUT2D eigenvalue weighted by Gasteiger charge is 2.23. The molecular formula is C18H22ClF2N3O. The van der Waals surface area contributed by atoms with Gasteiger partial charge in [-0.3, -0.25) is 9.88 Å². The number of pyridine rings is 1. The zero-order chi connectivity index (χ0) is 16.8. The van der Waals surface area contributed by atoms with E-state index in [0.717, 1.165) is 31.7 Å². The predicted octanol–water partition coefficient (Wildman–Crippen LogP) is 3.29. The zero-order valence-corrected chi connectivity index (χ0v) is 14.6. The van der Waals surface area contributed by atoms with E-state index in [1.165, 1.54) is 5.56 Å². The molecule has 1 aromatic heterocycles. The third kappa shape index (κ3) is 5.63. The first-order valence-corrected chi connectivity index (χ1v) is 8.07. The first-order chi connectivity index (χ1) is 11.7. The molecule has 0 amide bonds. The molecule has 1 unspecified atom stereocenters. The minimum atomic E-state index is -2.45. The second-order valence-electron chi connectivity index (χ2n) is 5.82. The van der Waals surface area contributed by atoms with Gasteiger partial charge in [-0.2, -0.15) is 0 Å². The second kappa shape index (κ2) is 9.65. The molecule has 25 heavy (non-hydrogen) atoms. The first kappa shape index (κ1) is 19.6. The van der Waals surface area contributed by atoms with Crippen LogP contribution in [-0.4, -0.2) is 42.6 Å². The van der Waals surface area contributed by atoms with Crippen molar-refractivity contribution in [2.45, 2.75) is 19.0 Å². The quantitative estimate of drug-likeness (QED) is 0.847. The summed E-state index contributed by atoms with van der Waals surface area (Å²) in [4.78, 5) is 6.50. The third-order valence-corrected chi connectivity index (χ3v) is 4.13. The average molecular weight is 370 g/mol. The fourth-order valence-corrected chi connectivity index (χ4v) is 2.93. The maximum Gasteiger partial charge on any atom is 0.272 e. The number of nitrogens with zero attached hydrogens (tertiary/aromatic N) is 2. The molecule has 7 heteroatoms. The fourth-order valence-electron chi connectivity index (χ4n) is 2.93. The summed E-state index contributed by atoms with van der Waals surface area (Å²) in [6.07, 6.45) is 1.18. The number of ether oxygens (including phenoxy) is 1. The lowest BCUT2D eigenvalue weighted by molar-refractivity contribution is 0.0819. The van der Waals surface area contributed by atoms with Crippen molar-refractivity contribution < 1.29 is 13.5 Å². The van der Waals surface area contributed by atoms with Gasteiger partial charge in [0.15, 0.2) is 0 Å². The fraction of sp³-hybridized carbons (Fsp3) is 0.389. The van der Waals surface area contributed by atoms with Gasteiger partial charge in [-0.1, -0.05) is 12.1 Å². The van der Waals surface area contributed by atoms with Crippen molar-refractivity contribution in [3.8, 4) is 5.75 Å². The van der Waals surface area contributed by atoms with Gasteiger partial charge in [0.05, 0.1) is 0 Å². The maximum atomic E-state index is 12.2. The molecule has 0 spiro atoms. The minimum absolute atomic E-state index is 0. The number of alkyl halides is 2. The number of rotatable bonds is 6. The number of benzene rings is 1. The van der Waals surface area contributed by atoms with Crippen LogP contribution in [0.5, 0.6) is 5.75 Å². The van der Waals surface area contributed by atoms with Crippen molar-refractivity contribution in [3.63, 3.8) is 0 Å². The van der Waals surface area contributed by atoms with Gasteiger partial charge in [0, 0.05) is 44.6 Å². The largest absolute Gasteiger partial charge is 0.488 e. The molecule has 1 atom stereocenters. The van der Waals surface area contributed by atoms with E-state index < -0.39 is 13.0 Å². The second-order valence-corrected chi connectivity index (χ2v) is 5.82. The average Bonchev–Trinajstić information content (AvgIpc) is 2.62. The Kier molecular flexibility index (Phi) is 7.55. The van der Waals surface area contributed by atoms with Crippen LogP contribution in [0.3, 0.4) is 0 Å². The molecule has 3 rings (SSSR count). The van der Waals surface area contributed by atoms with Gasteiger partial charge in [0.2, 0.25) is 0 Å². The summed E-state index contributed by atoms with van der Waals surface area (Å²) in [6.45, 7) is 3.05. The van der Waals surface area contributed by atoms with Crippen LogP contribution < -0.4 is 10.1 Å². The SMILES string of the molecule is Cl.FC(F)COc1ccc(CN2CCNCC2c2ccncc2)cc1. The number of nitrogens with one attached hydrogen (secondary N) is 1. The van der Waals surface area contributed by atoms with Crippen molar-refractivity contribution in [1.29, 1.82) is 0 Å². The minimum Gasteiger partial charge on any atom is -0.488 e. The Morgan fingerprint density at radius 1 is 1.16 bits per heavy atom. The molecule has 2 heterocycles. The molecule has 1 N–H and O–H groups in total. The Morgan fingerprint density at radius 2 is 1.88 bits per heavy atom. The van der Waals surface area contributed by atoms with Crippen molar-refractivity contribution in [2.24, 2.45) is 0 Å². The van der Waals surface area contributed by atoms with Crippen LogP contribution >= 0.6 is 12.4 Å². The van der Waals surface area contributed by atoms with Gasteiger partial charge in [-0.15, -0.1) is 12.4 Å². The smallest absolute Gasteiger partial charge is 0.272 e. The van der Waals surface area contributed by atoms with Crippen LogP contribution in [0.15, 0.2) is 48.8 Å². The van der Waals surface area contributed by atoms with Gasteiger partial charge >= 0.3 is 0 Å². The van der Waals surface area contributed by atoms with E-state index in [1.54, 1.807) is 12.1 Å². The highest BCUT2D eigenvalue weighted by atomic mass is 35.5. The lowest BCUT2D eigenvalue weighted by Gasteiger charge is -2.36. The number of halogens is 3. The van der Waals surface area contributed by atoms with Crippen molar-refractivity contribution in [1.82, 2.24) is 15.2 Å². The summed E-state index contributed by atoms with van der Waals surface area (Å²) in [5.41, 5.74) is 2.38. The van der Waals surface area contributed by atoms with Crippen LogP contribution in [0.1, 0.15) is 17.2 Å². The highest BCUT2D eigenvalue weighted by Crippen LogP contribution is 2.24. The molecular weight excluding hydrogens is 348 g/mol. The Bertz CT molecular complexity index is 628.